The van der Waals surface area contributed by atoms with E-state index in [-0.39, 0.29) is 6.54 Å². The van der Waals surface area contributed by atoms with Gasteiger partial charge in [-0.1, -0.05) is 110 Å². The van der Waals surface area contributed by atoms with Gasteiger partial charge in [-0.15, -0.1) is 0 Å². The Balaban J connectivity index is 3.30. The fourth-order valence-corrected chi connectivity index (χ4v) is 3.42. The number of nitrogens with one attached hydrogen (secondary N) is 1. The molecule has 0 aromatic heterocycles. The summed E-state index contributed by atoms with van der Waals surface area (Å²) >= 11 is 0. The molecule has 0 aromatic carbocycles. The van der Waals surface area contributed by atoms with Crippen molar-refractivity contribution in [2.75, 3.05) is 6.54 Å². The molecule has 3 N–H and O–H groups in total. The SMILES string of the molecule is CCCCCCCCCCCCCCCCCCC(NCC(=O)O)C(=O)O. The van der Waals surface area contributed by atoms with E-state index in [2.05, 4.69) is 12.2 Å². The Morgan fingerprint density at radius 3 is 1.37 bits per heavy atom. The van der Waals surface area contributed by atoms with E-state index in [9.17, 15) is 9.59 Å². The number of hydrogen-bond donors (Lipinski definition) is 3. The number of rotatable bonds is 21. The van der Waals surface area contributed by atoms with Crippen LogP contribution >= 0.6 is 0 Å². The second-order valence-electron chi connectivity index (χ2n) is 7.76. The molecule has 0 radical (unpaired) electrons. The van der Waals surface area contributed by atoms with Gasteiger partial charge in [0, 0.05) is 0 Å². The Hall–Kier alpha value is -1.10. The molecule has 0 saturated heterocycles. The van der Waals surface area contributed by atoms with Gasteiger partial charge in [-0.2, -0.15) is 0 Å². The van der Waals surface area contributed by atoms with Gasteiger partial charge < -0.3 is 10.2 Å². The van der Waals surface area contributed by atoms with Crippen molar-refractivity contribution in [3.05, 3.63) is 0 Å². The molecule has 1 atom stereocenters. The number of carboxylic acid groups (broad SMARTS) is 2. The third-order valence-corrected chi connectivity index (χ3v) is 5.14. The van der Waals surface area contributed by atoms with E-state index in [4.69, 9.17) is 10.2 Å². The minimum Gasteiger partial charge on any atom is -0.480 e. The van der Waals surface area contributed by atoms with E-state index >= 15 is 0 Å². The highest BCUT2D eigenvalue weighted by Crippen LogP contribution is 2.14. The monoisotopic (exact) mass is 385 g/mol. The van der Waals surface area contributed by atoms with Crippen molar-refractivity contribution in [2.24, 2.45) is 0 Å². The summed E-state index contributed by atoms with van der Waals surface area (Å²) in [5.41, 5.74) is 0. The summed E-state index contributed by atoms with van der Waals surface area (Å²) in [6.45, 7) is 1.97. The highest BCUT2D eigenvalue weighted by Gasteiger charge is 2.16. The lowest BCUT2D eigenvalue weighted by atomic mass is 10.0. The number of unbranched alkanes of at least 4 members (excludes halogenated alkanes) is 15. The lowest BCUT2D eigenvalue weighted by Gasteiger charge is -2.12. The maximum Gasteiger partial charge on any atom is 0.320 e. The molecule has 0 spiro atoms. The van der Waals surface area contributed by atoms with Gasteiger partial charge in [-0.3, -0.25) is 14.9 Å². The lowest BCUT2D eigenvalue weighted by Crippen LogP contribution is -2.39. The van der Waals surface area contributed by atoms with Crippen LogP contribution in [-0.2, 0) is 9.59 Å². The fraction of sp³-hybridized carbons (Fsp3) is 0.909. The molecule has 0 heterocycles. The molecule has 27 heavy (non-hydrogen) atoms. The third kappa shape index (κ3) is 19.5. The molecule has 0 aliphatic heterocycles. The first-order chi connectivity index (χ1) is 13.1. The zero-order valence-electron chi connectivity index (χ0n) is 17.5. The molecule has 0 aliphatic rings. The summed E-state index contributed by atoms with van der Waals surface area (Å²) in [7, 11) is 0. The van der Waals surface area contributed by atoms with Gasteiger partial charge in [0.2, 0.25) is 0 Å². The predicted molar refractivity (Wildman–Crippen MR) is 111 cm³/mol. The molecule has 0 saturated carbocycles. The van der Waals surface area contributed by atoms with Crippen LogP contribution in [0.5, 0.6) is 0 Å². The molecule has 1 unspecified atom stereocenters. The van der Waals surface area contributed by atoms with Crippen molar-refractivity contribution >= 4 is 11.9 Å². The molecular weight excluding hydrogens is 342 g/mol. The second-order valence-corrected chi connectivity index (χ2v) is 7.76. The van der Waals surface area contributed by atoms with Crippen LogP contribution in [0.1, 0.15) is 116 Å². The first-order valence-corrected chi connectivity index (χ1v) is 11.3. The van der Waals surface area contributed by atoms with E-state index in [0.29, 0.717) is 6.42 Å². The van der Waals surface area contributed by atoms with Gasteiger partial charge in [0.25, 0.3) is 0 Å². The molecule has 160 valence electrons. The van der Waals surface area contributed by atoms with E-state index in [1.54, 1.807) is 0 Å². The molecule has 0 aliphatic carbocycles. The van der Waals surface area contributed by atoms with E-state index in [1.165, 1.54) is 83.5 Å². The van der Waals surface area contributed by atoms with Crippen molar-refractivity contribution in [2.45, 2.75) is 122 Å². The van der Waals surface area contributed by atoms with Gasteiger partial charge in [0.1, 0.15) is 6.04 Å². The number of aliphatic carboxylic acids is 2. The second kappa shape index (κ2) is 19.7. The van der Waals surface area contributed by atoms with Crippen LogP contribution in [0.3, 0.4) is 0 Å². The zero-order chi connectivity index (χ0) is 20.2. The Bertz CT molecular complexity index is 360. The molecule has 5 nitrogen and oxygen atoms in total. The Morgan fingerprint density at radius 2 is 1.04 bits per heavy atom. The van der Waals surface area contributed by atoms with Gasteiger partial charge in [-0.25, -0.2) is 0 Å². The highest BCUT2D eigenvalue weighted by molar-refractivity contribution is 5.75. The largest absolute Gasteiger partial charge is 0.480 e. The molecule has 0 fully saturated rings. The van der Waals surface area contributed by atoms with Crippen LogP contribution in [-0.4, -0.2) is 34.7 Å². The van der Waals surface area contributed by atoms with Crippen molar-refractivity contribution < 1.29 is 19.8 Å². The van der Waals surface area contributed by atoms with Crippen LogP contribution in [0.2, 0.25) is 0 Å². The summed E-state index contributed by atoms with van der Waals surface area (Å²) in [4.78, 5) is 21.5. The normalized spacial score (nSPS) is 12.2. The molecule has 5 heteroatoms. The summed E-state index contributed by atoms with van der Waals surface area (Å²) in [6.07, 6.45) is 21.2. The molecule has 0 rings (SSSR count). The number of carbonyl (C=O) groups is 2. The van der Waals surface area contributed by atoms with Crippen LogP contribution < -0.4 is 5.32 Å². The third-order valence-electron chi connectivity index (χ3n) is 5.14. The summed E-state index contributed by atoms with van der Waals surface area (Å²) < 4.78 is 0. The molecular formula is C22H43NO4. The average Bonchev–Trinajstić information content (AvgIpc) is 2.63. The summed E-state index contributed by atoms with van der Waals surface area (Å²) in [6, 6.07) is -0.743. The minimum absolute atomic E-state index is 0.296. The highest BCUT2D eigenvalue weighted by atomic mass is 16.4. The average molecular weight is 386 g/mol. The standard InChI is InChI=1S/C22H43NO4/c1-2-3-4-5-6-7-8-9-10-11-12-13-14-15-16-17-18-20(22(26)27)23-19-21(24)25/h20,23H,2-19H2,1H3,(H,24,25)(H,26,27). The van der Waals surface area contributed by atoms with E-state index in [0.717, 1.165) is 19.3 Å². The molecule has 0 aromatic rings. The number of carboxylic acids is 2. The smallest absolute Gasteiger partial charge is 0.320 e. The first kappa shape index (κ1) is 25.9. The first-order valence-electron chi connectivity index (χ1n) is 11.3. The Kier molecular flexibility index (Phi) is 18.9. The van der Waals surface area contributed by atoms with Crippen molar-refractivity contribution in [3.8, 4) is 0 Å². The Labute approximate surface area is 166 Å². The fourth-order valence-electron chi connectivity index (χ4n) is 3.42. The maximum absolute atomic E-state index is 11.0. The topological polar surface area (TPSA) is 86.6 Å². The van der Waals surface area contributed by atoms with Crippen molar-refractivity contribution in [3.63, 3.8) is 0 Å². The zero-order valence-corrected chi connectivity index (χ0v) is 17.5. The van der Waals surface area contributed by atoms with Gasteiger partial charge in [0.05, 0.1) is 6.54 Å². The maximum atomic E-state index is 11.0. The van der Waals surface area contributed by atoms with E-state index in [1.807, 2.05) is 0 Å². The lowest BCUT2D eigenvalue weighted by molar-refractivity contribution is -0.140. The minimum atomic E-state index is -1.02. The van der Waals surface area contributed by atoms with Gasteiger partial charge in [0.15, 0.2) is 0 Å². The molecule has 0 bridgehead atoms. The van der Waals surface area contributed by atoms with E-state index < -0.39 is 18.0 Å². The van der Waals surface area contributed by atoms with Gasteiger partial charge >= 0.3 is 11.9 Å². The van der Waals surface area contributed by atoms with Crippen LogP contribution in [0.25, 0.3) is 0 Å². The van der Waals surface area contributed by atoms with Crippen LogP contribution in [0.15, 0.2) is 0 Å². The number of hydrogen-bond acceptors (Lipinski definition) is 3. The van der Waals surface area contributed by atoms with Crippen LogP contribution in [0, 0.1) is 0 Å². The van der Waals surface area contributed by atoms with Crippen molar-refractivity contribution in [1.82, 2.24) is 5.32 Å². The van der Waals surface area contributed by atoms with Crippen LogP contribution in [0.4, 0.5) is 0 Å². The quantitative estimate of drug-likeness (QED) is 0.218. The van der Waals surface area contributed by atoms with Gasteiger partial charge in [-0.05, 0) is 6.42 Å². The summed E-state index contributed by atoms with van der Waals surface area (Å²) in [5, 5.41) is 20.2. The molecule has 0 amide bonds. The van der Waals surface area contributed by atoms with Crippen molar-refractivity contribution in [1.29, 1.82) is 0 Å². The summed E-state index contributed by atoms with van der Waals surface area (Å²) in [5.74, 6) is -1.98. The Morgan fingerprint density at radius 1 is 0.667 bits per heavy atom. The predicted octanol–water partition coefficient (Wildman–Crippen LogP) is 5.77.